The molecule has 0 aliphatic rings. The first-order valence-electron chi connectivity index (χ1n) is 5.16. The molecule has 0 spiro atoms. The first kappa shape index (κ1) is 13.1. The van der Waals surface area contributed by atoms with Gasteiger partial charge in [-0.1, -0.05) is 13.8 Å². The van der Waals surface area contributed by atoms with Crippen molar-refractivity contribution in [3.05, 3.63) is 0 Å². The summed E-state index contributed by atoms with van der Waals surface area (Å²) in [6.45, 7) is 7.68. The summed E-state index contributed by atoms with van der Waals surface area (Å²) in [6.07, 6.45) is 1.48. The largest absolute Gasteiger partial charge is 0.465 e. The molecule has 1 unspecified atom stereocenters. The molecule has 0 fully saturated rings. The van der Waals surface area contributed by atoms with E-state index in [1.54, 1.807) is 6.92 Å². The van der Waals surface area contributed by atoms with Crippen molar-refractivity contribution < 1.29 is 14.3 Å². The van der Waals surface area contributed by atoms with Gasteiger partial charge in [0.25, 0.3) is 0 Å². The summed E-state index contributed by atoms with van der Waals surface area (Å²) in [7, 11) is 0. The molecule has 82 valence electrons. The molecule has 14 heavy (non-hydrogen) atoms. The molecule has 0 radical (unpaired) electrons. The van der Waals surface area contributed by atoms with E-state index in [-0.39, 0.29) is 11.8 Å². The highest BCUT2D eigenvalue weighted by Crippen LogP contribution is 2.14. The summed E-state index contributed by atoms with van der Waals surface area (Å²) < 4.78 is 4.84. The van der Waals surface area contributed by atoms with Gasteiger partial charge in [-0.3, -0.25) is 9.59 Å². The van der Waals surface area contributed by atoms with Crippen LogP contribution < -0.4 is 0 Å². The fourth-order valence-corrected chi connectivity index (χ4v) is 1.23. The minimum atomic E-state index is -0.558. The topological polar surface area (TPSA) is 43.4 Å². The molecule has 0 aromatic rings. The number of Topliss-reactive ketones (excluding diaryl/α,β-unsaturated/α-hetero) is 1. The second-order valence-electron chi connectivity index (χ2n) is 3.89. The van der Waals surface area contributed by atoms with Gasteiger partial charge < -0.3 is 4.74 Å². The maximum atomic E-state index is 11.4. The maximum absolute atomic E-state index is 11.4. The Morgan fingerprint density at radius 2 is 1.79 bits per heavy atom. The van der Waals surface area contributed by atoms with Crippen LogP contribution in [0.25, 0.3) is 0 Å². The van der Waals surface area contributed by atoms with Crippen LogP contribution in [-0.2, 0) is 14.3 Å². The second-order valence-corrected chi connectivity index (χ2v) is 3.89. The van der Waals surface area contributed by atoms with Crippen LogP contribution in [0.2, 0.25) is 0 Å². The van der Waals surface area contributed by atoms with Crippen LogP contribution in [0, 0.1) is 11.8 Å². The van der Waals surface area contributed by atoms with Crippen LogP contribution in [0.3, 0.4) is 0 Å². The molecular formula is C11H20O3. The molecule has 0 aliphatic heterocycles. The van der Waals surface area contributed by atoms with Gasteiger partial charge in [0.15, 0.2) is 0 Å². The molecule has 0 rings (SSSR count). The van der Waals surface area contributed by atoms with Crippen molar-refractivity contribution in [1.82, 2.24) is 0 Å². The van der Waals surface area contributed by atoms with Crippen LogP contribution >= 0.6 is 0 Å². The van der Waals surface area contributed by atoms with Crippen molar-refractivity contribution in [1.29, 1.82) is 0 Å². The van der Waals surface area contributed by atoms with Gasteiger partial charge in [0.2, 0.25) is 0 Å². The normalized spacial score (nSPS) is 12.6. The standard InChI is InChI=1S/C11H20O3/c1-5-14-11(13)10(9(4)12)7-6-8(2)3/h8,10H,5-7H2,1-4H3. The Kier molecular flexibility index (Phi) is 6.17. The Balaban J connectivity index is 4.15. The molecule has 0 aliphatic carbocycles. The quantitative estimate of drug-likeness (QED) is 0.487. The summed E-state index contributed by atoms with van der Waals surface area (Å²) in [4.78, 5) is 22.5. The predicted molar refractivity (Wildman–Crippen MR) is 54.9 cm³/mol. The van der Waals surface area contributed by atoms with Crippen LogP contribution in [0.15, 0.2) is 0 Å². The van der Waals surface area contributed by atoms with E-state index in [1.807, 2.05) is 0 Å². The lowest BCUT2D eigenvalue weighted by Crippen LogP contribution is -2.24. The van der Waals surface area contributed by atoms with Gasteiger partial charge in [-0.15, -0.1) is 0 Å². The fourth-order valence-electron chi connectivity index (χ4n) is 1.23. The molecular weight excluding hydrogens is 180 g/mol. The minimum absolute atomic E-state index is 0.0934. The van der Waals surface area contributed by atoms with Crippen molar-refractivity contribution in [2.75, 3.05) is 6.61 Å². The molecule has 3 nitrogen and oxygen atoms in total. The molecule has 0 aromatic carbocycles. The van der Waals surface area contributed by atoms with Crippen molar-refractivity contribution in [2.45, 2.75) is 40.5 Å². The zero-order valence-electron chi connectivity index (χ0n) is 9.50. The minimum Gasteiger partial charge on any atom is -0.465 e. The van der Waals surface area contributed by atoms with Gasteiger partial charge in [-0.25, -0.2) is 0 Å². The maximum Gasteiger partial charge on any atom is 0.316 e. The lowest BCUT2D eigenvalue weighted by molar-refractivity contribution is -0.151. The van der Waals surface area contributed by atoms with Gasteiger partial charge in [0, 0.05) is 0 Å². The Morgan fingerprint density at radius 1 is 1.21 bits per heavy atom. The van der Waals surface area contributed by atoms with E-state index in [9.17, 15) is 9.59 Å². The van der Waals surface area contributed by atoms with Crippen LogP contribution in [0.1, 0.15) is 40.5 Å². The Morgan fingerprint density at radius 3 is 2.14 bits per heavy atom. The number of ether oxygens (including phenoxy) is 1. The Labute approximate surface area is 85.8 Å². The molecule has 0 saturated heterocycles. The number of rotatable bonds is 6. The molecule has 0 bridgehead atoms. The van der Waals surface area contributed by atoms with Crippen molar-refractivity contribution >= 4 is 11.8 Å². The monoisotopic (exact) mass is 200 g/mol. The average molecular weight is 200 g/mol. The number of hydrogen-bond acceptors (Lipinski definition) is 3. The van der Waals surface area contributed by atoms with Gasteiger partial charge in [0.05, 0.1) is 6.61 Å². The molecule has 0 aromatic heterocycles. The average Bonchev–Trinajstić information content (AvgIpc) is 2.03. The zero-order valence-corrected chi connectivity index (χ0v) is 9.50. The molecule has 1 atom stereocenters. The molecule has 0 amide bonds. The highest BCUT2D eigenvalue weighted by molar-refractivity contribution is 5.97. The third kappa shape index (κ3) is 5.00. The summed E-state index contributed by atoms with van der Waals surface area (Å²) in [5.74, 6) is -0.520. The fraction of sp³-hybridized carbons (Fsp3) is 0.818. The van der Waals surface area contributed by atoms with Crippen molar-refractivity contribution in [3.8, 4) is 0 Å². The summed E-state index contributed by atoms with van der Waals surface area (Å²) >= 11 is 0. The van der Waals surface area contributed by atoms with Crippen molar-refractivity contribution in [2.24, 2.45) is 11.8 Å². The SMILES string of the molecule is CCOC(=O)C(CCC(C)C)C(C)=O. The zero-order chi connectivity index (χ0) is 11.1. The number of esters is 1. The smallest absolute Gasteiger partial charge is 0.316 e. The van der Waals surface area contributed by atoms with E-state index in [1.165, 1.54) is 6.92 Å². The van der Waals surface area contributed by atoms with E-state index in [4.69, 9.17) is 4.74 Å². The molecule has 0 N–H and O–H groups in total. The summed E-state index contributed by atoms with van der Waals surface area (Å²) in [5, 5.41) is 0. The number of carbonyl (C=O) groups excluding carboxylic acids is 2. The van der Waals surface area contributed by atoms with E-state index >= 15 is 0 Å². The molecule has 3 heteroatoms. The van der Waals surface area contributed by atoms with E-state index < -0.39 is 5.92 Å². The van der Waals surface area contributed by atoms with E-state index in [0.717, 1.165) is 6.42 Å². The first-order valence-corrected chi connectivity index (χ1v) is 5.16. The van der Waals surface area contributed by atoms with Gasteiger partial charge >= 0.3 is 5.97 Å². The Hall–Kier alpha value is -0.860. The van der Waals surface area contributed by atoms with Gasteiger partial charge in [0.1, 0.15) is 11.7 Å². The third-order valence-corrected chi connectivity index (χ3v) is 2.09. The van der Waals surface area contributed by atoms with Crippen molar-refractivity contribution in [3.63, 3.8) is 0 Å². The predicted octanol–water partition coefficient (Wildman–Crippen LogP) is 2.19. The summed E-state index contributed by atoms with van der Waals surface area (Å²) in [6, 6.07) is 0. The van der Waals surface area contributed by atoms with E-state index in [0.29, 0.717) is 18.9 Å². The first-order chi connectivity index (χ1) is 6.49. The number of ketones is 1. The van der Waals surface area contributed by atoms with Crippen LogP contribution in [0.5, 0.6) is 0 Å². The lowest BCUT2D eigenvalue weighted by atomic mass is 9.95. The number of carbonyl (C=O) groups is 2. The van der Waals surface area contributed by atoms with Gasteiger partial charge in [-0.05, 0) is 32.6 Å². The van der Waals surface area contributed by atoms with Crippen LogP contribution in [0.4, 0.5) is 0 Å². The highest BCUT2D eigenvalue weighted by atomic mass is 16.5. The van der Waals surface area contributed by atoms with E-state index in [2.05, 4.69) is 13.8 Å². The van der Waals surface area contributed by atoms with Gasteiger partial charge in [-0.2, -0.15) is 0 Å². The Bertz CT molecular complexity index is 197. The number of hydrogen-bond donors (Lipinski definition) is 0. The highest BCUT2D eigenvalue weighted by Gasteiger charge is 2.24. The van der Waals surface area contributed by atoms with Crippen LogP contribution in [-0.4, -0.2) is 18.4 Å². The third-order valence-electron chi connectivity index (χ3n) is 2.09. The summed E-state index contributed by atoms with van der Waals surface area (Å²) in [5.41, 5.74) is 0. The molecule has 0 saturated carbocycles. The second kappa shape index (κ2) is 6.57. The lowest BCUT2D eigenvalue weighted by Gasteiger charge is -2.13. The molecule has 0 heterocycles.